The molecule has 2 aromatic rings. The fourth-order valence-corrected chi connectivity index (χ4v) is 2.30. The lowest BCUT2D eigenvalue weighted by molar-refractivity contribution is 0.1000. The number of aromatic nitrogens is 1. The summed E-state index contributed by atoms with van der Waals surface area (Å²) in [6, 6.07) is 9.59. The Balaban J connectivity index is 2.09. The third-order valence-corrected chi connectivity index (χ3v) is 3.28. The second-order valence-electron chi connectivity index (χ2n) is 5.05. The number of carbonyl (C=O) groups excluding carboxylic acids is 1. The number of primary amides is 1. The fraction of sp³-hybridized carbons (Fsp3) is 0.250. The number of hydrogen-bond acceptors (Lipinski definition) is 4. The van der Waals surface area contributed by atoms with Crippen molar-refractivity contribution >= 4 is 17.3 Å². The van der Waals surface area contributed by atoms with Gasteiger partial charge in [0.15, 0.2) is 0 Å². The summed E-state index contributed by atoms with van der Waals surface area (Å²) in [6.45, 7) is 4.38. The third kappa shape index (κ3) is 3.72. The van der Waals surface area contributed by atoms with Crippen molar-refractivity contribution in [3.8, 4) is 0 Å². The molecular weight excluding hydrogens is 264 g/mol. The Bertz CT molecular complexity index is 650. The predicted molar refractivity (Wildman–Crippen MR) is 85.3 cm³/mol. The van der Waals surface area contributed by atoms with E-state index in [1.165, 1.54) is 5.56 Å². The number of amides is 1. The predicted octanol–water partition coefficient (Wildman–Crippen LogP) is 2.03. The Morgan fingerprint density at radius 3 is 2.52 bits per heavy atom. The van der Waals surface area contributed by atoms with E-state index in [0.717, 1.165) is 23.5 Å². The average Bonchev–Trinajstić information content (AvgIpc) is 2.39. The molecule has 2 rings (SSSR count). The van der Waals surface area contributed by atoms with Crippen molar-refractivity contribution in [2.45, 2.75) is 20.3 Å². The van der Waals surface area contributed by atoms with Crippen molar-refractivity contribution in [3.63, 3.8) is 0 Å². The van der Waals surface area contributed by atoms with Crippen LogP contribution < -0.4 is 16.8 Å². The van der Waals surface area contributed by atoms with Crippen molar-refractivity contribution in [1.29, 1.82) is 0 Å². The highest BCUT2D eigenvalue weighted by molar-refractivity contribution is 5.99. The lowest BCUT2D eigenvalue weighted by atomic mass is 10.1. The normalized spacial score (nSPS) is 10.4. The number of nitrogens with zero attached hydrogens (tertiary/aromatic N) is 1. The molecular formula is C16H20N4O. The first-order valence-electron chi connectivity index (χ1n) is 6.83. The maximum atomic E-state index is 11.6. The van der Waals surface area contributed by atoms with Gasteiger partial charge in [0.2, 0.25) is 0 Å². The van der Waals surface area contributed by atoms with Crippen molar-refractivity contribution in [1.82, 2.24) is 4.98 Å². The van der Waals surface area contributed by atoms with Gasteiger partial charge < -0.3 is 16.8 Å². The van der Waals surface area contributed by atoms with Gasteiger partial charge >= 0.3 is 0 Å². The van der Waals surface area contributed by atoms with Gasteiger partial charge in [-0.2, -0.15) is 0 Å². The number of nitrogens with two attached hydrogens (primary N) is 2. The van der Waals surface area contributed by atoms with Crippen molar-refractivity contribution in [3.05, 3.63) is 52.8 Å². The summed E-state index contributed by atoms with van der Waals surface area (Å²) in [7, 11) is 0. The van der Waals surface area contributed by atoms with Gasteiger partial charge in [-0.1, -0.05) is 12.1 Å². The number of nitrogen functional groups attached to an aromatic ring is 1. The fourth-order valence-electron chi connectivity index (χ4n) is 2.30. The zero-order chi connectivity index (χ0) is 15.4. The molecule has 0 saturated heterocycles. The van der Waals surface area contributed by atoms with Crippen LogP contribution in [0.1, 0.15) is 27.3 Å². The number of benzene rings is 1. The molecule has 0 aliphatic heterocycles. The Kier molecular flexibility index (Phi) is 4.42. The van der Waals surface area contributed by atoms with E-state index in [1.807, 2.05) is 37.3 Å². The molecule has 21 heavy (non-hydrogen) atoms. The van der Waals surface area contributed by atoms with Crippen molar-refractivity contribution in [2.75, 3.05) is 17.6 Å². The molecule has 0 atom stereocenters. The molecule has 0 spiro atoms. The van der Waals surface area contributed by atoms with Crippen molar-refractivity contribution in [2.24, 2.45) is 5.73 Å². The molecule has 1 amide bonds. The Morgan fingerprint density at radius 1 is 1.24 bits per heavy atom. The first-order chi connectivity index (χ1) is 9.97. The molecule has 1 heterocycles. The van der Waals surface area contributed by atoms with Crippen LogP contribution in [0, 0.1) is 13.8 Å². The largest absolute Gasteiger partial charge is 0.399 e. The summed E-state index contributed by atoms with van der Waals surface area (Å²) in [5.74, 6) is -0.463. The maximum Gasteiger partial charge on any atom is 0.252 e. The summed E-state index contributed by atoms with van der Waals surface area (Å²) in [6.07, 6.45) is 0.832. The van der Waals surface area contributed by atoms with E-state index in [4.69, 9.17) is 11.5 Å². The molecule has 1 aromatic carbocycles. The molecule has 5 heteroatoms. The van der Waals surface area contributed by atoms with Crippen LogP contribution in [0.15, 0.2) is 30.3 Å². The van der Waals surface area contributed by atoms with E-state index in [0.29, 0.717) is 17.8 Å². The molecule has 0 bridgehead atoms. The monoisotopic (exact) mass is 284 g/mol. The summed E-state index contributed by atoms with van der Waals surface area (Å²) in [5, 5.41) is 3.27. The molecule has 0 unspecified atom stereocenters. The van der Waals surface area contributed by atoms with Crippen LogP contribution in [0.3, 0.4) is 0 Å². The number of anilines is 2. The third-order valence-electron chi connectivity index (χ3n) is 3.28. The van der Waals surface area contributed by atoms with Crippen LogP contribution in [0.5, 0.6) is 0 Å². The Labute approximate surface area is 124 Å². The number of aryl methyl sites for hydroxylation is 2. The van der Waals surface area contributed by atoms with Crippen LogP contribution in [-0.4, -0.2) is 17.4 Å². The first-order valence-corrected chi connectivity index (χ1v) is 6.83. The molecule has 0 aliphatic rings. The van der Waals surface area contributed by atoms with E-state index in [1.54, 1.807) is 6.92 Å². The van der Waals surface area contributed by atoms with E-state index in [-0.39, 0.29) is 0 Å². The standard InChI is InChI=1S/C16H20N4O/c1-10-9-14(15(16(18)21)11(2)20-10)19-8-7-12-3-5-13(17)6-4-12/h3-6,9H,7-8,17H2,1-2H3,(H2,18,21)(H,19,20). The van der Waals surface area contributed by atoms with Crippen LogP contribution in [0.4, 0.5) is 11.4 Å². The van der Waals surface area contributed by atoms with E-state index < -0.39 is 5.91 Å². The van der Waals surface area contributed by atoms with Gasteiger partial charge in [0.1, 0.15) is 0 Å². The minimum atomic E-state index is -0.463. The SMILES string of the molecule is Cc1cc(NCCc2ccc(N)cc2)c(C(N)=O)c(C)n1. The van der Waals surface area contributed by atoms with Crippen LogP contribution >= 0.6 is 0 Å². The Morgan fingerprint density at radius 2 is 1.90 bits per heavy atom. The molecule has 0 aliphatic carbocycles. The second-order valence-corrected chi connectivity index (χ2v) is 5.05. The molecule has 110 valence electrons. The summed E-state index contributed by atoms with van der Waals surface area (Å²) in [5.41, 5.74) is 15.7. The van der Waals surface area contributed by atoms with E-state index in [2.05, 4.69) is 10.3 Å². The van der Waals surface area contributed by atoms with Gasteiger partial charge in [0.05, 0.1) is 16.9 Å². The van der Waals surface area contributed by atoms with Gasteiger partial charge in [-0.05, 0) is 44.0 Å². The summed E-state index contributed by atoms with van der Waals surface area (Å²) < 4.78 is 0. The van der Waals surface area contributed by atoms with Gasteiger partial charge in [0, 0.05) is 17.9 Å². The maximum absolute atomic E-state index is 11.6. The van der Waals surface area contributed by atoms with Gasteiger partial charge in [0.25, 0.3) is 5.91 Å². The number of carbonyl (C=O) groups is 1. The highest BCUT2D eigenvalue weighted by atomic mass is 16.1. The molecule has 0 saturated carbocycles. The molecule has 1 aromatic heterocycles. The lowest BCUT2D eigenvalue weighted by Crippen LogP contribution is -2.18. The lowest BCUT2D eigenvalue weighted by Gasteiger charge is -2.13. The quantitative estimate of drug-likeness (QED) is 0.732. The van der Waals surface area contributed by atoms with E-state index >= 15 is 0 Å². The number of rotatable bonds is 5. The van der Waals surface area contributed by atoms with Gasteiger partial charge in [-0.25, -0.2) is 0 Å². The minimum absolute atomic E-state index is 0.456. The zero-order valence-corrected chi connectivity index (χ0v) is 12.3. The number of nitrogens with one attached hydrogen (secondary N) is 1. The van der Waals surface area contributed by atoms with Crippen molar-refractivity contribution < 1.29 is 4.79 Å². The van der Waals surface area contributed by atoms with Crippen LogP contribution in [-0.2, 0) is 6.42 Å². The summed E-state index contributed by atoms with van der Waals surface area (Å²) >= 11 is 0. The van der Waals surface area contributed by atoms with Gasteiger partial charge in [-0.15, -0.1) is 0 Å². The summed E-state index contributed by atoms with van der Waals surface area (Å²) in [4.78, 5) is 15.8. The highest BCUT2D eigenvalue weighted by Gasteiger charge is 2.13. The Hall–Kier alpha value is -2.56. The molecule has 0 radical (unpaired) electrons. The van der Waals surface area contributed by atoms with Crippen LogP contribution in [0.25, 0.3) is 0 Å². The van der Waals surface area contributed by atoms with Crippen LogP contribution in [0.2, 0.25) is 0 Å². The average molecular weight is 284 g/mol. The smallest absolute Gasteiger partial charge is 0.252 e. The second kappa shape index (κ2) is 6.26. The number of hydrogen-bond donors (Lipinski definition) is 3. The first kappa shape index (κ1) is 14.8. The molecule has 5 nitrogen and oxygen atoms in total. The molecule has 5 N–H and O–H groups in total. The number of pyridine rings is 1. The van der Waals surface area contributed by atoms with Gasteiger partial charge in [-0.3, -0.25) is 9.78 Å². The topological polar surface area (TPSA) is 94.0 Å². The molecule has 0 fully saturated rings. The van der Waals surface area contributed by atoms with E-state index in [9.17, 15) is 4.79 Å². The zero-order valence-electron chi connectivity index (χ0n) is 12.3. The minimum Gasteiger partial charge on any atom is -0.399 e. The highest BCUT2D eigenvalue weighted by Crippen LogP contribution is 2.19.